The molecule has 6 N–H and O–H groups in total. The van der Waals surface area contributed by atoms with E-state index < -0.39 is 0 Å². The molecule has 0 unspecified atom stereocenters. The molecule has 0 atom stereocenters. The first-order valence-electron chi connectivity index (χ1n) is 5.97. The van der Waals surface area contributed by atoms with Crippen LogP contribution in [-0.2, 0) is 0 Å². The van der Waals surface area contributed by atoms with Crippen LogP contribution in [0.25, 0.3) is 11.3 Å². The highest BCUT2D eigenvalue weighted by Gasteiger charge is 2.11. The van der Waals surface area contributed by atoms with Gasteiger partial charge in [-0.15, -0.1) is 0 Å². The molecule has 0 aliphatic carbocycles. The Morgan fingerprint density at radius 2 is 2.24 bits per heavy atom. The second-order valence-electron chi connectivity index (χ2n) is 4.23. The Kier molecular flexibility index (Phi) is 4.59. The maximum atomic E-state index is 11.4. The molecule has 1 aromatic heterocycles. The van der Waals surface area contributed by atoms with Crippen molar-refractivity contribution in [2.45, 2.75) is 0 Å². The van der Waals surface area contributed by atoms with Gasteiger partial charge in [0.25, 0.3) is 5.56 Å². The van der Waals surface area contributed by atoms with Crippen LogP contribution < -0.4 is 22.1 Å². The van der Waals surface area contributed by atoms with Crippen LogP contribution >= 0.6 is 11.6 Å². The molecule has 0 aliphatic heterocycles. The third-order valence-electron chi connectivity index (χ3n) is 2.68. The normalized spacial score (nSPS) is 11.5. The van der Waals surface area contributed by atoms with Gasteiger partial charge in [-0.1, -0.05) is 11.6 Å². The summed E-state index contributed by atoms with van der Waals surface area (Å²) in [5, 5.41) is 10.7. The van der Waals surface area contributed by atoms with Gasteiger partial charge >= 0.3 is 0 Å². The quantitative estimate of drug-likeness (QED) is 0.484. The molecule has 1 heterocycles. The van der Waals surface area contributed by atoms with Crippen LogP contribution in [0.4, 0.5) is 5.69 Å². The summed E-state index contributed by atoms with van der Waals surface area (Å²) in [6, 6.07) is 6.29. The van der Waals surface area contributed by atoms with Gasteiger partial charge in [-0.2, -0.15) is 0 Å². The molecule has 8 heteroatoms. The zero-order valence-corrected chi connectivity index (χ0v) is 11.7. The molecule has 0 saturated heterocycles. The van der Waals surface area contributed by atoms with Crippen LogP contribution in [0.1, 0.15) is 0 Å². The maximum absolute atomic E-state index is 11.4. The zero-order chi connectivity index (χ0) is 15.4. The second-order valence-corrected chi connectivity index (χ2v) is 4.66. The smallest absolute Gasteiger partial charge is 0.251 e. The van der Waals surface area contributed by atoms with Gasteiger partial charge in [-0.3, -0.25) is 9.80 Å². The molecule has 1 aromatic carbocycles. The van der Waals surface area contributed by atoms with Gasteiger partial charge in [-0.25, -0.2) is 10.8 Å². The number of rotatable bonds is 4. The first kappa shape index (κ1) is 15.0. The van der Waals surface area contributed by atoms with Crippen molar-refractivity contribution >= 4 is 17.3 Å². The Bertz CT molecular complexity index is 728. The van der Waals surface area contributed by atoms with Crippen LogP contribution in [0.15, 0.2) is 47.3 Å². The lowest BCUT2D eigenvalue weighted by atomic mass is 10.1. The molecule has 110 valence electrons. The number of benzene rings is 1. The number of nitrogens with one attached hydrogen (secondary N) is 1. The van der Waals surface area contributed by atoms with E-state index in [0.717, 1.165) is 0 Å². The molecule has 0 amide bonds. The maximum Gasteiger partial charge on any atom is 0.251 e. The van der Waals surface area contributed by atoms with Gasteiger partial charge in [0.1, 0.15) is 0 Å². The summed E-state index contributed by atoms with van der Waals surface area (Å²) in [7, 11) is 0. The van der Waals surface area contributed by atoms with Crippen molar-refractivity contribution in [2.24, 2.45) is 11.6 Å². The summed E-state index contributed by atoms with van der Waals surface area (Å²) in [5.41, 5.74) is 6.97. The first-order valence-corrected chi connectivity index (χ1v) is 6.34. The second kappa shape index (κ2) is 6.40. The van der Waals surface area contributed by atoms with Gasteiger partial charge < -0.3 is 15.8 Å². The number of aliphatic hydroxyl groups excluding tert-OH is 1. The Balaban J connectivity index is 2.55. The number of anilines is 1. The highest BCUT2D eigenvalue weighted by atomic mass is 35.5. The van der Waals surface area contributed by atoms with E-state index in [-0.39, 0.29) is 17.9 Å². The Hall–Kier alpha value is -2.35. The number of aliphatic hydroxyl groups is 1. The Morgan fingerprint density at radius 1 is 1.48 bits per heavy atom. The predicted octanol–water partition coefficient (Wildman–Crippen LogP) is 0.563. The summed E-state index contributed by atoms with van der Waals surface area (Å²) in [4.78, 5) is 17.9. The van der Waals surface area contributed by atoms with Gasteiger partial charge in [-0.05, 0) is 18.2 Å². The van der Waals surface area contributed by atoms with E-state index in [1.165, 1.54) is 23.6 Å². The molecule has 0 fully saturated rings. The van der Waals surface area contributed by atoms with Crippen molar-refractivity contribution in [3.05, 3.63) is 57.9 Å². The fourth-order valence-electron chi connectivity index (χ4n) is 1.74. The van der Waals surface area contributed by atoms with Crippen molar-refractivity contribution in [3.63, 3.8) is 0 Å². The summed E-state index contributed by atoms with van der Waals surface area (Å²) in [6.07, 6.45) is 2.67. The number of halogens is 1. The van der Waals surface area contributed by atoms with Crippen molar-refractivity contribution in [1.29, 1.82) is 0 Å². The van der Waals surface area contributed by atoms with E-state index in [1.54, 1.807) is 18.2 Å². The molecular weight excluding hydrogens is 294 g/mol. The molecule has 0 bridgehead atoms. The first-order chi connectivity index (χ1) is 10.0. The average Bonchev–Trinajstić information content (AvgIpc) is 2.46. The molecule has 7 nitrogen and oxygen atoms in total. The highest BCUT2D eigenvalue weighted by Crippen LogP contribution is 2.30. The Morgan fingerprint density at radius 3 is 2.90 bits per heavy atom. The predicted molar refractivity (Wildman–Crippen MR) is 81.3 cm³/mol. The van der Waals surface area contributed by atoms with Gasteiger partial charge in [0, 0.05) is 22.9 Å². The molecule has 21 heavy (non-hydrogen) atoms. The van der Waals surface area contributed by atoms with Crippen molar-refractivity contribution in [1.82, 2.24) is 9.97 Å². The lowest BCUT2D eigenvalue weighted by molar-refractivity contribution is 0.329. The van der Waals surface area contributed by atoms with Crippen LogP contribution in [0.2, 0.25) is 5.02 Å². The highest BCUT2D eigenvalue weighted by molar-refractivity contribution is 6.31. The number of nitrogens with two attached hydrogens (primary N) is 2. The minimum Gasteiger partial charge on any atom is -0.399 e. The third kappa shape index (κ3) is 3.60. The number of hydrogen-bond donors (Lipinski definition) is 4. The van der Waals surface area contributed by atoms with E-state index in [4.69, 9.17) is 28.3 Å². The monoisotopic (exact) mass is 307 g/mol. The molecule has 0 saturated carbocycles. The summed E-state index contributed by atoms with van der Waals surface area (Å²) in [5.74, 6) is 5.91. The lowest BCUT2D eigenvalue weighted by Gasteiger charge is -2.18. The number of H-pyrrole nitrogens is 1. The van der Waals surface area contributed by atoms with E-state index in [1.807, 2.05) is 0 Å². The van der Waals surface area contributed by atoms with Gasteiger partial charge in [0.2, 0.25) is 0 Å². The average molecular weight is 308 g/mol. The van der Waals surface area contributed by atoms with Crippen molar-refractivity contribution in [3.8, 4) is 11.3 Å². The van der Waals surface area contributed by atoms with E-state index >= 15 is 0 Å². The number of hydrogen-bond acceptors (Lipinski definition) is 6. The topological polar surface area (TPSA) is 121 Å². The molecule has 2 rings (SSSR count). The summed E-state index contributed by atoms with van der Waals surface area (Å²) >= 11 is 5.99. The fourth-order valence-corrected chi connectivity index (χ4v) is 1.92. The number of aromatic nitrogens is 2. The van der Waals surface area contributed by atoms with Crippen LogP contribution in [0.3, 0.4) is 0 Å². The number of aromatic amines is 1. The molecule has 0 aliphatic rings. The van der Waals surface area contributed by atoms with Crippen LogP contribution in [0.5, 0.6) is 0 Å². The largest absolute Gasteiger partial charge is 0.399 e. The summed E-state index contributed by atoms with van der Waals surface area (Å²) < 4.78 is 0. The van der Waals surface area contributed by atoms with Crippen molar-refractivity contribution in [2.75, 3.05) is 11.6 Å². The van der Waals surface area contributed by atoms with E-state index in [9.17, 15) is 4.79 Å². The van der Waals surface area contributed by atoms with Crippen molar-refractivity contribution < 1.29 is 5.11 Å². The lowest BCUT2D eigenvalue weighted by Crippen LogP contribution is -2.27. The van der Waals surface area contributed by atoms with E-state index in [2.05, 4.69) is 9.97 Å². The minimum atomic E-state index is -0.320. The number of nitrogens with zero attached hydrogens (tertiary/aromatic N) is 2. The van der Waals surface area contributed by atoms with Gasteiger partial charge in [0.15, 0.2) is 0 Å². The standard InChI is InChI=1S/C13H14ClN5O2/c14-8-1-2-12(19(16)5-9(15)6-20)10(3-8)11-4-13(21)18-7-17-11/h1-5,7,20H,6,15-16H2,(H,17,18,21)/b9-5-. The minimum absolute atomic E-state index is 0.192. The zero-order valence-electron chi connectivity index (χ0n) is 11.0. The molecular formula is C13H14ClN5O2. The van der Waals surface area contributed by atoms with Gasteiger partial charge in [0.05, 0.1) is 30.0 Å². The molecule has 0 radical (unpaired) electrons. The molecule has 2 aromatic rings. The van der Waals surface area contributed by atoms with Crippen LogP contribution in [-0.4, -0.2) is 21.7 Å². The fraction of sp³-hybridized carbons (Fsp3) is 0.0769. The summed E-state index contributed by atoms with van der Waals surface area (Å²) in [6.45, 7) is -0.320. The number of hydrazine groups is 1. The van der Waals surface area contributed by atoms with Crippen LogP contribution in [0, 0.1) is 0 Å². The molecule has 0 spiro atoms. The Labute approximate surface area is 125 Å². The van der Waals surface area contributed by atoms with E-state index in [0.29, 0.717) is 22.0 Å². The third-order valence-corrected chi connectivity index (χ3v) is 2.91. The SMILES string of the molecule is N/C(=C\N(N)c1ccc(Cl)cc1-c1cc(=O)[nH]cn1)CO.